The number of hydrogen-bond donors (Lipinski definition) is 1. The second-order valence-corrected chi connectivity index (χ2v) is 4.56. The summed E-state index contributed by atoms with van der Waals surface area (Å²) in [5.41, 5.74) is 0. The van der Waals surface area contributed by atoms with E-state index in [-0.39, 0.29) is 0 Å². The van der Waals surface area contributed by atoms with Gasteiger partial charge in [0.15, 0.2) is 0 Å². The summed E-state index contributed by atoms with van der Waals surface area (Å²) in [6.45, 7) is 4.22. The summed E-state index contributed by atoms with van der Waals surface area (Å²) in [5.74, 6) is 0.931. The van der Waals surface area contributed by atoms with Gasteiger partial charge in [0.2, 0.25) is 0 Å². The van der Waals surface area contributed by atoms with Gasteiger partial charge in [-0.25, -0.2) is 0 Å². The Labute approximate surface area is 81.0 Å². The lowest BCUT2D eigenvalue weighted by Crippen LogP contribution is -2.40. The van der Waals surface area contributed by atoms with E-state index in [0.29, 0.717) is 12.1 Å². The van der Waals surface area contributed by atoms with Crippen molar-refractivity contribution >= 4 is 0 Å². The van der Waals surface area contributed by atoms with Gasteiger partial charge in [-0.3, -0.25) is 0 Å². The van der Waals surface area contributed by atoms with Gasteiger partial charge in [0.25, 0.3) is 0 Å². The van der Waals surface area contributed by atoms with E-state index in [1.54, 1.807) is 0 Å². The standard InChI is InChI=1S/C11H21NO/c1-9(10-4-2-3-5-10)12-11-6-7-13-8-11/h9-12H,2-8H2,1H3. The molecule has 0 aromatic carbocycles. The van der Waals surface area contributed by atoms with Crippen LogP contribution in [-0.2, 0) is 4.74 Å². The summed E-state index contributed by atoms with van der Waals surface area (Å²) in [6.07, 6.45) is 6.95. The molecule has 0 aromatic heterocycles. The molecule has 0 aromatic rings. The van der Waals surface area contributed by atoms with Crippen LogP contribution in [0, 0.1) is 5.92 Å². The monoisotopic (exact) mass is 183 g/mol. The lowest BCUT2D eigenvalue weighted by Gasteiger charge is -2.23. The highest BCUT2D eigenvalue weighted by Crippen LogP contribution is 2.27. The van der Waals surface area contributed by atoms with Gasteiger partial charge in [0.1, 0.15) is 0 Å². The van der Waals surface area contributed by atoms with Crippen LogP contribution in [0.15, 0.2) is 0 Å². The van der Waals surface area contributed by atoms with Crippen LogP contribution in [0.4, 0.5) is 0 Å². The van der Waals surface area contributed by atoms with Gasteiger partial charge in [0.05, 0.1) is 6.61 Å². The Morgan fingerprint density at radius 1 is 1.23 bits per heavy atom. The van der Waals surface area contributed by atoms with Crippen LogP contribution in [0.1, 0.15) is 39.0 Å². The molecular weight excluding hydrogens is 162 g/mol. The van der Waals surface area contributed by atoms with Crippen LogP contribution in [0.2, 0.25) is 0 Å². The van der Waals surface area contributed by atoms with Gasteiger partial charge in [-0.2, -0.15) is 0 Å². The molecule has 1 aliphatic carbocycles. The predicted molar refractivity (Wildman–Crippen MR) is 53.8 cm³/mol. The smallest absolute Gasteiger partial charge is 0.0620 e. The Morgan fingerprint density at radius 2 is 2.00 bits per heavy atom. The van der Waals surface area contributed by atoms with Crippen LogP contribution >= 0.6 is 0 Å². The Balaban J connectivity index is 1.73. The minimum absolute atomic E-state index is 0.635. The maximum Gasteiger partial charge on any atom is 0.0620 e. The summed E-state index contributed by atoms with van der Waals surface area (Å²) in [6, 6.07) is 1.34. The van der Waals surface area contributed by atoms with E-state index in [1.165, 1.54) is 32.1 Å². The Bertz CT molecular complexity index is 148. The summed E-state index contributed by atoms with van der Waals surface area (Å²) >= 11 is 0. The van der Waals surface area contributed by atoms with Crippen molar-refractivity contribution in [1.29, 1.82) is 0 Å². The summed E-state index contributed by atoms with van der Waals surface area (Å²) in [4.78, 5) is 0. The molecule has 0 radical (unpaired) electrons. The highest BCUT2D eigenvalue weighted by atomic mass is 16.5. The van der Waals surface area contributed by atoms with E-state index in [4.69, 9.17) is 4.74 Å². The third-order valence-corrected chi connectivity index (χ3v) is 3.54. The van der Waals surface area contributed by atoms with E-state index in [1.807, 2.05) is 0 Å². The Kier molecular flexibility index (Phi) is 3.23. The zero-order chi connectivity index (χ0) is 9.10. The van der Waals surface area contributed by atoms with Crippen LogP contribution < -0.4 is 5.32 Å². The average Bonchev–Trinajstić information content (AvgIpc) is 2.74. The first-order chi connectivity index (χ1) is 6.36. The van der Waals surface area contributed by atoms with Gasteiger partial charge < -0.3 is 10.1 Å². The molecule has 1 saturated carbocycles. The highest BCUT2D eigenvalue weighted by Gasteiger charge is 2.24. The lowest BCUT2D eigenvalue weighted by molar-refractivity contribution is 0.185. The molecule has 1 aliphatic heterocycles. The van der Waals surface area contributed by atoms with Crippen molar-refractivity contribution in [3.63, 3.8) is 0 Å². The van der Waals surface area contributed by atoms with Crippen molar-refractivity contribution in [1.82, 2.24) is 5.32 Å². The van der Waals surface area contributed by atoms with Crippen LogP contribution in [-0.4, -0.2) is 25.3 Å². The summed E-state index contributed by atoms with van der Waals surface area (Å²) in [7, 11) is 0. The molecule has 2 unspecified atom stereocenters. The topological polar surface area (TPSA) is 21.3 Å². The quantitative estimate of drug-likeness (QED) is 0.722. The Morgan fingerprint density at radius 3 is 2.62 bits per heavy atom. The maximum atomic E-state index is 5.36. The Hall–Kier alpha value is -0.0800. The molecule has 1 saturated heterocycles. The van der Waals surface area contributed by atoms with Crippen molar-refractivity contribution in [2.45, 2.75) is 51.1 Å². The highest BCUT2D eigenvalue weighted by molar-refractivity contribution is 4.81. The minimum Gasteiger partial charge on any atom is -0.380 e. The fraction of sp³-hybridized carbons (Fsp3) is 1.00. The summed E-state index contributed by atoms with van der Waals surface area (Å²) in [5, 5.41) is 3.70. The third-order valence-electron chi connectivity index (χ3n) is 3.54. The van der Waals surface area contributed by atoms with Gasteiger partial charge in [-0.05, 0) is 32.1 Å². The van der Waals surface area contributed by atoms with E-state index in [0.717, 1.165) is 19.1 Å². The van der Waals surface area contributed by atoms with Gasteiger partial charge in [0, 0.05) is 18.7 Å². The van der Waals surface area contributed by atoms with Gasteiger partial charge >= 0.3 is 0 Å². The van der Waals surface area contributed by atoms with Crippen molar-refractivity contribution in [3.05, 3.63) is 0 Å². The largest absolute Gasteiger partial charge is 0.380 e. The molecule has 2 aliphatic rings. The summed E-state index contributed by atoms with van der Waals surface area (Å²) < 4.78 is 5.36. The van der Waals surface area contributed by atoms with Crippen molar-refractivity contribution in [3.8, 4) is 0 Å². The first kappa shape index (κ1) is 9.47. The zero-order valence-corrected chi connectivity index (χ0v) is 8.59. The number of nitrogens with one attached hydrogen (secondary N) is 1. The van der Waals surface area contributed by atoms with Crippen molar-refractivity contribution in [2.75, 3.05) is 13.2 Å². The molecule has 2 rings (SSSR count). The predicted octanol–water partition coefficient (Wildman–Crippen LogP) is 1.94. The lowest BCUT2D eigenvalue weighted by atomic mass is 9.99. The van der Waals surface area contributed by atoms with Crippen molar-refractivity contribution in [2.24, 2.45) is 5.92 Å². The van der Waals surface area contributed by atoms with Crippen LogP contribution in [0.25, 0.3) is 0 Å². The second-order valence-electron chi connectivity index (χ2n) is 4.56. The van der Waals surface area contributed by atoms with Gasteiger partial charge in [-0.1, -0.05) is 12.8 Å². The fourth-order valence-electron chi connectivity index (χ4n) is 2.63. The average molecular weight is 183 g/mol. The number of rotatable bonds is 3. The fourth-order valence-corrected chi connectivity index (χ4v) is 2.63. The first-order valence-corrected chi connectivity index (χ1v) is 5.70. The third kappa shape index (κ3) is 2.44. The van der Waals surface area contributed by atoms with Gasteiger partial charge in [-0.15, -0.1) is 0 Å². The normalized spacial score (nSPS) is 32.5. The molecule has 13 heavy (non-hydrogen) atoms. The number of ether oxygens (including phenoxy) is 1. The molecule has 0 amide bonds. The number of hydrogen-bond acceptors (Lipinski definition) is 2. The maximum absolute atomic E-state index is 5.36. The first-order valence-electron chi connectivity index (χ1n) is 5.70. The molecule has 2 heteroatoms. The SMILES string of the molecule is CC(NC1CCOC1)C1CCCC1. The molecule has 2 atom stereocenters. The second kappa shape index (κ2) is 4.43. The molecular formula is C11H21NO. The van der Waals surface area contributed by atoms with Crippen LogP contribution in [0.3, 0.4) is 0 Å². The van der Waals surface area contributed by atoms with E-state index in [9.17, 15) is 0 Å². The molecule has 1 heterocycles. The van der Waals surface area contributed by atoms with E-state index in [2.05, 4.69) is 12.2 Å². The van der Waals surface area contributed by atoms with E-state index < -0.39 is 0 Å². The van der Waals surface area contributed by atoms with Crippen molar-refractivity contribution < 1.29 is 4.74 Å². The molecule has 76 valence electrons. The molecule has 0 spiro atoms. The minimum atomic E-state index is 0.635. The molecule has 0 bridgehead atoms. The van der Waals surface area contributed by atoms with E-state index >= 15 is 0 Å². The zero-order valence-electron chi connectivity index (χ0n) is 8.59. The molecule has 2 nitrogen and oxygen atoms in total. The molecule has 2 fully saturated rings. The molecule has 1 N–H and O–H groups in total. The van der Waals surface area contributed by atoms with Crippen LogP contribution in [0.5, 0.6) is 0 Å².